The Bertz CT molecular complexity index is 398. The summed E-state index contributed by atoms with van der Waals surface area (Å²) in [7, 11) is 1.62. The van der Waals surface area contributed by atoms with Crippen molar-refractivity contribution in [3.8, 4) is 0 Å². The fraction of sp³-hybridized carbons (Fsp3) is 0.562. The van der Waals surface area contributed by atoms with Gasteiger partial charge in [-0.25, -0.2) is 0 Å². The Morgan fingerprint density at radius 2 is 2.10 bits per heavy atom. The maximum Gasteiger partial charge on any atom is 0.237 e. The fourth-order valence-electron chi connectivity index (χ4n) is 2.11. The molecule has 0 aliphatic rings. The van der Waals surface area contributed by atoms with E-state index in [0.717, 1.165) is 19.5 Å². The zero-order chi connectivity index (χ0) is 15.5. The lowest BCUT2D eigenvalue weighted by atomic mass is 10.1. The molecule has 1 aromatic rings. The normalized spacial score (nSPS) is 12.4. The number of hydrogen-bond donors (Lipinski definition) is 2. The van der Waals surface area contributed by atoms with Crippen molar-refractivity contribution in [2.24, 2.45) is 5.73 Å². The molecule has 0 saturated carbocycles. The maximum absolute atomic E-state index is 12.2. The van der Waals surface area contributed by atoms with Crippen LogP contribution in [0, 0.1) is 0 Å². The highest BCUT2D eigenvalue weighted by Crippen LogP contribution is 2.09. The lowest BCUT2D eigenvalue weighted by Crippen LogP contribution is -2.46. The maximum atomic E-state index is 12.2. The number of nitrogens with two attached hydrogens (primary N) is 1. The van der Waals surface area contributed by atoms with Gasteiger partial charge in [0.25, 0.3) is 0 Å². The molecule has 1 rings (SSSR count). The van der Waals surface area contributed by atoms with Gasteiger partial charge in [-0.05, 0) is 25.5 Å². The molecule has 0 radical (unpaired) electrons. The largest absolute Gasteiger partial charge is 0.383 e. The molecule has 1 unspecified atom stereocenters. The van der Waals surface area contributed by atoms with Gasteiger partial charge in [0.15, 0.2) is 0 Å². The number of benzene rings is 1. The van der Waals surface area contributed by atoms with E-state index in [-0.39, 0.29) is 11.9 Å². The molecule has 0 saturated heterocycles. The Morgan fingerprint density at radius 1 is 1.38 bits per heavy atom. The van der Waals surface area contributed by atoms with Crippen LogP contribution in [0.4, 0.5) is 0 Å². The van der Waals surface area contributed by atoms with Gasteiger partial charge in [0.1, 0.15) is 0 Å². The average Bonchev–Trinajstić information content (AvgIpc) is 2.51. The van der Waals surface area contributed by atoms with Crippen LogP contribution in [0.2, 0.25) is 0 Å². The number of methoxy groups -OCH3 is 1. The van der Waals surface area contributed by atoms with Crippen molar-refractivity contribution in [1.29, 1.82) is 0 Å². The third-order valence-electron chi connectivity index (χ3n) is 3.41. The molecule has 0 heterocycles. The van der Waals surface area contributed by atoms with Gasteiger partial charge in [-0.3, -0.25) is 9.69 Å². The second kappa shape index (κ2) is 10.3. The highest BCUT2D eigenvalue weighted by Gasteiger charge is 2.20. The molecule has 1 aromatic carbocycles. The average molecular weight is 293 g/mol. The number of carbonyl (C=O) groups excluding carboxylic acids is 1. The molecular formula is C16H27N3O2. The highest BCUT2D eigenvalue weighted by atomic mass is 16.5. The number of nitrogens with zero attached hydrogens (tertiary/aromatic N) is 1. The van der Waals surface area contributed by atoms with E-state index in [2.05, 4.69) is 22.3 Å². The molecule has 3 N–H and O–H groups in total. The summed E-state index contributed by atoms with van der Waals surface area (Å²) < 4.78 is 4.95. The number of ether oxygens (including phenoxy) is 1. The molecule has 1 atom stereocenters. The van der Waals surface area contributed by atoms with Crippen LogP contribution in [0.5, 0.6) is 0 Å². The summed E-state index contributed by atoms with van der Waals surface area (Å²) in [6.45, 7) is 5.19. The molecule has 1 amide bonds. The van der Waals surface area contributed by atoms with Crippen LogP contribution >= 0.6 is 0 Å². The monoisotopic (exact) mass is 293 g/mol. The summed E-state index contributed by atoms with van der Waals surface area (Å²) in [5.41, 5.74) is 6.80. The van der Waals surface area contributed by atoms with Crippen LogP contribution in [0.3, 0.4) is 0 Å². The van der Waals surface area contributed by atoms with Crippen molar-refractivity contribution in [1.82, 2.24) is 10.2 Å². The summed E-state index contributed by atoms with van der Waals surface area (Å²) >= 11 is 0. The predicted octanol–water partition coefficient (Wildman–Crippen LogP) is 0.989. The first-order valence-corrected chi connectivity index (χ1v) is 7.43. The minimum absolute atomic E-state index is 0.0278. The molecule has 21 heavy (non-hydrogen) atoms. The Balaban J connectivity index is 2.60. The minimum Gasteiger partial charge on any atom is -0.383 e. The summed E-state index contributed by atoms with van der Waals surface area (Å²) in [5, 5.41) is 2.89. The Hall–Kier alpha value is -1.43. The molecule has 0 aromatic heterocycles. The molecule has 118 valence electrons. The second-order valence-corrected chi connectivity index (χ2v) is 5.06. The van der Waals surface area contributed by atoms with Crippen molar-refractivity contribution >= 4 is 5.91 Å². The Kier molecular flexibility index (Phi) is 8.66. The van der Waals surface area contributed by atoms with Gasteiger partial charge >= 0.3 is 0 Å². The van der Waals surface area contributed by atoms with Gasteiger partial charge in [0.05, 0.1) is 12.6 Å². The molecule has 0 bridgehead atoms. The zero-order valence-electron chi connectivity index (χ0n) is 13.0. The number of rotatable bonds is 10. The first-order chi connectivity index (χ1) is 10.2. The van der Waals surface area contributed by atoms with Crippen LogP contribution in [-0.4, -0.2) is 50.2 Å². The molecule has 5 nitrogen and oxygen atoms in total. The molecular weight excluding hydrogens is 266 g/mol. The molecule has 0 spiro atoms. The lowest BCUT2D eigenvalue weighted by molar-refractivity contribution is -0.126. The van der Waals surface area contributed by atoms with E-state index in [9.17, 15) is 4.79 Å². The van der Waals surface area contributed by atoms with Crippen LogP contribution in [-0.2, 0) is 16.1 Å². The van der Waals surface area contributed by atoms with E-state index in [4.69, 9.17) is 10.5 Å². The van der Waals surface area contributed by atoms with Gasteiger partial charge in [0, 0.05) is 26.7 Å². The van der Waals surface area contributed by atoms with E-state index < -0.39 is 0 Å². The van der Waals surface area contributed by atoms with Gasteiger partial charge in [0.2, 0.25) is 5.91 Å². The SMILES string of the molecule is COCCNC(=O)C(C)N(CCCN)Cc1ccccc1. The smallest absolute Gasteiger partial charge is 0.237 e. The molecule has 0 fully saturated rings. The predicted molar refractivity (Wildman–Crippen MR) is 84.9 cm³/mol. The van der Waals surface area contributed by atoms with Gasteiger partial charge in [-0.15, -0.1) is 0 Å². The van der Waals surface area contributed by atoms with Crippen LogP contribution in [0.1, 0.15) is 18.9 Å². The molecule has 5 heteroatoms. The number of nitrogens with one attached hydrogen (secondary N) is 1. The summed E-state index contributed by atoms with van der Waals surface area (Å²) in [6.07, 6.45) is 0.878. The minimum atomic E-state index is -0.186. The quantitative estimate of drug-likeness (QED) is 0.631. The zero-order valence-corrected chi connectivity index (χ0v) is 13.0. The first kappa shape index (κ1) is 17.6. The molecule has 0 aliphatic heterocycles. The first-order valence-electron chi connectivity index (χ1n) is 7.43. The van der Waals surface area contributed by atoms with Gasteiger partial charge in [-0.2, -0.15) is 0 Å². The second-order valence-electron chi connectivity index (χ2n) is 5.06. The summed E-state index contributed by atoms with van der Waals surface area (Å²) in [5.74, 6) is 0.0278. The van der Waals surface area contributed by atoms with Crippen molar-refractivity contribution < 1.29 is 9.53 Å². The Labute approximate surface area is 127 Å². The number of hydrogen-bond acceptors (Lipinski definition) is 4. The van der Waals surface area contributed by atoms with Crippen LogP contribution in [0.25, 0.3) is 0 Å². The van der Waals surface area contributed by atoms with Gasteiger partial charge < -0.3 is 15.8 Å². The summed E-state index contributed by atoms with van der Waals surface area (Å²) in [4.78, 5) is 14.3. The third-order valence-corrected chi connectivity index (χ3v) is 3.41. The van der Waals surface area contributed by atoms with E-state index >= 15 is 0 Å². The van der Waals surface area contributed by atoms with Crippen molar-refractivity contribution in [3.05, 3.63) is 35.9 Å². The lowest BCUT2D eigenvalue weighted by Gasteiger charge is -2.28. The summed E-state index contributed by atoms with van der Waals surface area (Å²) in [6, 6.07) is 9.98. The van der Waals surface area contributed by atoms with E-state index in [0.29, 0.717) is 19.7 Å². The van der Waals surface area contributed by atoms with Crippen molar-refractivity contribution in [2.45, 2.75) is 25.9 Å². The topological polar surface area (TPSA) is 67.6 Å². The van der Waals surface area contributed by atoms with E-state index in [1.165, 1.54) is 5.56 Å². The van der Waals surface area contributed by atoms with Crippen LogP contribution in [0.15, 0.2) is 30.3 Å². The number of carbonyl (C=O) groups is 1. The van der Waals surface area contributed by atoms with E-state index in [1.54, 1.807) is 7.11 Å². The van der Waals surface area contributed by atoms with Crippen LogP contribution < -0.4 is 11.1 Å². The van der Waals surface area contributed by atoms with Crippen molar-refractivity contribution in [2.75, 3.05) is 33.4 Å². The fourth-order valence-corrected chi connectivity index (χ4v) is 2.11. The highest BCUT2D eigenvalue weighted by molar-refractivity contribution is 5.81. The van der Waals surface area contributed by atoms with E-state index in [1.807, 2.05) is 25.1 Å². The Morgan fingerprint density at radius 3 is 2.71 bits per heavy atom. The van der Waals surface area contributed by atoms with Crippen molar-refractivity contribution in [3.63, 3.8) is 0 Å². The standard InChI is InChI=1S/C16H27N3O2/c1-14(16(20)18-10-12-21-2)19(11-6-9-17)13-15-7-4-3-5-8-15/h3-5,7-8,14H,6,9-13,17H2,1-2H3,(H,18,20). The third kappa shape index (κ3) is 6.71. The molecule has 0 aliphatic carbocycles. The number of amides is 1. The van der Waals surface area contributed by atoms with Gasteiger partial charge in [-0.1, -0.05) is 30.3 Å².